The maximum atomic E-state index is 6.08. The zero-order valence-corrected chi connectivity index (χ0v) is 12.1. The number of halogens is 1. The van der Waals surface area contributed by atoms with E-state index in [-0.39, 0.29) is 0 Å². The van der Waals surface area contributed by atoms with E-state index in [4.69, 9.17) is 21.1 Å². The molecule has 0 bridgehead atoms. The summed E-state index contributed by atoms with van der Waals surface area (Å²) < 4.78 is 11.1. The molecule has 2 aromatic rings. The monoisotopic (exact) mass is 290 g/mol. The Balaban J connectivity index is 2.04. The van der Waals surface area contributed by atoms with Crippen molar-refractivity contribution in [2.45, 2.75) is 19.8 Å². The fraction of sp³-hybridized carbons (Fsp3) is 0.333. The number of aromatic nitrogens is 2. The molecule has 0 atom stereocenters. The Morgan fingerprint density at radius 3 is 2.55 bits per heavy atom. The highest BCUT2D eigenvalue weighted by molar-refractivity contribution is 6.29. The van der Waals surface area contributed by atoms with E-state index in [0.29, 0.717) is 30.1 Å². The lowest BCUT2D eigenvalue weighted by molar-refractivity contribution is 0.171. The number of benzene rings is 1. The SMILES string of the molecule is CC(C)c1cc(Cl)nc(-c2ccc3c(c2)OCCO3)n1. The molecule has 20 heavy (non-hydrogen) atoms. The van der Waals surface area contributed by atoms with Gasteiger partial charge in [-0.1, -0.05) is 25.4 Å². The van der Waals surface area contributed by atoms with Gasteiger partial charge in [0.15, 0.2) is 17.3 Å². The predicted molar refractivity (Wildman–Crippen MR) is 77.6 cm³/mol. The molecule has 0 N–H and O–H groups in total. The average molecular weight is 291 g/mol. The van der Waals surface area contributed by atoms with E-state index in [9.17, 15) is 0 Å². The summed E-state index contributed by atoms with van der Waals surface area (Å²) in [6.07, 6.45) is 0. The van der Waals surface area contributed by atoms with Crippen LogP contribution in [-0.2, 0) is 0 Å². The van der Waals surface area contributed by atoms with Crippen LogP contribution in [0.4, 0.5) is 0 Å². The van der Waals surface area contributed by atoms with Gasteiger partial charge in [0.2, 0.25) is 0 Å². The topological polar surface area (TPSA) is 44.2 Å². The third kappa shape index (κ3) is 2.56. The molecule has 0 radical (unpaired) electrons. The molecule has 4 nitrogen and oxygen atoms in total. The van der Waals surface area contributed by atoms with Gasteiger partial charge in [0, 0.05) is 11.3 Å². The summed E-state index contributed by atoms with van der Waals surface area (Å²) in [6.45, 7) is 5.29. The van der Waals surface area contributed by atoms with Gasteiger partial charge in [0.1, 0.15) is 18.4 Å². The molecule has 0 aliphatic carbocycles. The molecule has 0 spiro atoms. The molecular weight excluding hydrogens is 276 g/mol. The minimum Gasteiger partial charge on any atom is -0.486 e. The highest BCUT2D eigenvalue weighted by atomic mass is 35.5. The van der Waals surface area contributed by atoms with Crippen molar-refractivity contribution in [1.29, 1.82) is 0 Å². The Hall–Kier alpha value is -1.81. The number of ether oxygens (including phenoxy) is 2. The highest BCUT2D eigenvalue weighted by Gasteiger charge is 2.14. The molecule has 0 amide bonds. The van der Waals surface area contributed by atoms with E-state index in [0.717, 1.165) is 22.8 Å². The molecule has 0 saturated heterocycles. The van der Waals surface area contributed by atoms with Crippen molar-refractivity contribution >= 4 is 11.6 Å². The molecule has 0 fully saturated rings. The standard InChI is InChI=1S/C15H15ClN2O2/c1-9(2)11-8-14(16)18-15(17-11)10-3-4-12-13(7-10)20-6-5-19-12/h3-4,7-9H,5-6H2,1-2H3. The van der Waals surface area contributed by atoms with Crippen LogP contribution in [0.2, 0.25) is 5.15 Å². The van der Waals surface area contributed by atoms with Crippen molar-refractivity contribution in [2.24, 2.45) is 0 Å². The molecule has 0 unspecified atom stereocenters. The Morgan fingerprint density at radius 2 is 1.80 bits per heavy atom. The number of hydrogen-bond acceptors (Lipinski definition) is 4. The van der Waals surface area contributed by atoms with Crippen molar-refractivity contribution in [2.75, 3.05) is 13.2 Å². The second-order valence-corrected chi connectivity index (χ2v) is 5.34. The molecule has 1 aliphatic rings. The predicted octanol–water partition coefficient (Wildman–Crippen LogP) is 3.69. The third-order valence-electron chi connectivity index (χ3n) is 3.11. The van der Waals surface area contributed by atoms with E-state index in [1.54, 1.807) is 6.07 Å². The number of nitrogens with zero attached hydrogens (tertiary/aromatic N) is 2. The van der Waals surface area contributed by atoms with Crippen LogP contribution in [0.25, 0.3) is 11.4 Å². The van der Waals surface area contributed by atoms with Crippen LogP contribution in [-0.4, -0.2) is 23.2 Å². The minimum absolute atomic E-state index is 0.298. The van der Waals surface area contributed by atoms with Crippen molar-refractivity contribution in [3.05, 3.63) is 35.1 Å². The van der Waals surface area contributed by atoms with Gasteiger partial charge < -0.3 is 9.47 Å². The van der Waals surface area contributed by atoms with Gasteiger partial charge in [-0.2, -0.15) is 0 Å². The largest absolute Gasteiger partial charge is 0.486 e. The lowest BCUT2D eigenvalue weighted by atomic mass is 10.1. The molecule has 1 aliphatic heterocycles. The van der Waals surface area contributed by atoms with Crippen LogP contribution in [0.15, 0.2) is 24.3 Å². The Bertz CT molecular complexity index is 644. The van der Waals surface area contributed by atoms with E-state index < -0.39 is 0 Å². The van der Waals surface area contributed by atoms with Gasteiger partial charge in [-0.25, -0.2) is 9.97 Å². The molecule has 104 valence electrons. The number of rotatable bonds is 2. The van der Waals surface area contributed by atoms with Crippen molar-refractivity contribution < 1.29 is 9.47 Å². The van der Waals surface area contributed by atoms with Gasteiger partial charge in [-0.05, 0) is 30.2 Å². The summed E-state index contributed by atoms with van der Waals surface area (Å²) in [5, 5.41) is 0.452. The van der Waals surface area contributed by atoms with Crippen molar-refractivity contribution in [3.63, 3.8) is 0 Å². The summed E-state index contributed by atoms with van der Waals surface area (Å²) in [7, 11) is 0. The van der Waals surface area contributed by atoms with E-state index in [2.05, 4.69) is 23.8 Å². The van der Waals surface area contributed by atoms with Crippen LogP contribution >= 0.6 is 11.6 Å². The van der Waals surface area contributed by atoms with Crippen molar-refractivity contribution in [3.8, 4) is 22.9 Å². The first-order valence-electron chi connectivity index (χ1n) is 6.58. The van der Waals surface area contributed by atoms with Crippen molar-refractivity contribution in [1.82, 2.24) is 9.97 Å². The summed E-state index contributed by atoms with van der Waals surface area (Å²) in [4.78, 5) is 8.85. The lowest BCUT2D eigenvalue weighted by Gasteiger charge is -2.18. The zero-order valence-electron chi connectivity index (χ0n) is 11.4. The fourth-order valence-corrected chi connectivity index (χ4v) is 2.23. The molecule has 1 aromatic carbocycles. The second-order valence-electron chi connectivity index (χ2n) is 4.95. The first-order valence-corrected chi connectivity index (χ1v) is 6.96. The van der Waals surface area contributed by atoms with E-state index in [1.165, 1.54) is 0 Å². The molecule has 1 aromatic heterocycles. The lowest BCUT2D eigenvalue weighted by Crippen LogP contribution is -2.15. The van der Waals surface area contributed by atoms with Gasteiger partial charge in [0.25, 0.3) is 0 Å². The Labute approximate surface area is 122 Å². The van der Waals surface area contributed by atoms with Crippen LogP contribution in [0, 0.1) is 0 Å². The fourth-order valence-electron chi connectivity index (χ4n) is 2.04. The third-order valence-corrected chi connectivity index (χ3v) is 3.30. The zero-order chi connectivity index (χ0) is 14.1. The first-order chi connectivity index (χ1) is 9.63. The Kier molecular flexibility index (Phi) is 3.49. The highest BCUT2D eigenvalue weighted by Crippen LogP contribution is 2.34. The van der Waals surface area contributed by atoms with Crippen LogP contribution < -0.4 is 9.47 Å². The second kappa shape index (κ2) is 5.29. The molecule has 3 rings (SSSR count). The first kappa shape index (κ1) is 13.2. The minimum atomic E-state index is 0.298. The number of fused-ring (bicyclic) bond motifs is 1. The normalized spacial score (nSPS) is 13.6. The van der Waals surface area contributed by atoms with Gasteiger partial charge >= 0.3 is 0 Å². The molecule has 0 saturated carbocycles. The quantitative estimate of drug-likeness (QED) is 0.791. The van der Waals surface area contributed by atoms with Gasteiger partial charge in [-0.3, -0.25) is 0 Å². The maximum Gasteiger partial charge on any atom is 0.162 e. The van der Waals surface area contributed by atoms with Gasteiger partial charge in [0.05, 0.1) is 0 Å². The van der Waals surface area contributed by atoms with Crippen LogP contribution in [0.3, 0.4) is 0 Å². The van der Waals surface area contributed by atoms with E-state index >= 15 is 0 Å². The average Bonchev–Trinajstić information content (AvgIpc) is 2.46. The van der Waals surface area contributed by atoms with Crippen LogP contribution in [0.1, 0.15) is 25.5 Å². The molecule has 5 heteroatoms. The molecule has 2 heterocycles. The summed E-state index contributed by atoms with van der Waals surface area (Å²) in [6, 6.07) is 7.49. The summed E-state index contributed by atoms with van der Waals surface area (Å²) in [5.41, 5.74) is 1.80. The summed E-state index contributed by atoms with van der Waals surface area (Å²) in [5.74, 6) is 2.39. The molecular formula is C15H15ClN2O2. The van der Waals surface area contributed by atoms with Gasteiger partial charge in [-0.15, -0.1) is 0 Å². The maximum absolute atomic E-state index is 6.08. The smallest absolute Gasteiger partial charge is 0.162 e. The number of hydrogen-bond donors (Lipinski definition) is 0. The summed E-state index contributed by atoms with van der Waals surface area (Å²) >= 11 is 6.08. The van der Waals surface area contributed by atoms with Crippen LogP contribution in [0.5, 0.6) is 11.5 Å². The van der Waals surface area contributed by atoms with E-state index in [1.807, 2.05) is 18.2 Å². The Morgan fingerprint density at radius 1 is 1.05 bits per heavy atom.